The molecule has 6 rings (SSSR count). The van der Waals surface area contributed by atoms with Gasteiger partial charge in [0.1, 0.15) is 18.1 Å². The average Bonchev–Trinajstić information content (AvgIpc) is 3.67. The summed E-state index contributed by atoms with van der Waals surface area (Å²) in [6.45, 7) is 2.53. The van der Waals surface area contributed by atoms with Crippen LogP contribution < -0.4 is 14.4 Å². The Morgan fingerprint density at radius 2 is 1.71 bits per heavy atom. The number of rotatable bonds is 6. The normalized spacial score (nSPS) is 19.7. The van der Waals surface area contributed by atoms with Crippen LogP contribution in [0.25, 0.3) is 17.1 Å². The summed E-state index contributed by atoms with van der Waals surface area (Å²) in [5.74, 6) is 0.409. The number of hydrogen-bond acceptors (Lipinski definition) is 10. The number of sulfonamides is 2. The maximum atomic E-state index is 13.8. The van der Waals surface area contributed by atoms with Crippen molar-refractivity contribution in [1.29, 1.82) is 0 Å². The van der Waals surface area contributed by atoms with Crippen molar-refractivity contribution in [1.82, 2.24) is 29.0 Å². The van der Waals surface area contributed by atoms with Crippen molar-refractivity contribution in [2.24, 2.45) is 5.41 Å². The molecule has 5 heterocycles. The minimum Gasteiger partial charge on any atom is -0.476 e. The van der Waals surface area contributed by atoms with Crippen molar-refractivity contribution < 1.29 is 34.7 Å². The summed E-state index contributed by atoms with van der Waals surface area (Å²) < 4.78 is 104. The smallest absolute Gasteiger partial charge is 0.397 e. The number of alkyl halides is 3. The number of aryl methyl sites for hydroxylation is 1. The standard InChI is InChI=1S/C34H41F3N8O5S2/c1-33(2,34(35,36)37)23-50-29-17-20-45(41-29)32-31-26-13-8-7-12-24(26)11-6-4-5-9-18-44(22-25-16-19-43(3)52(25,48)49)28-14-10-15-30(40-28)51(46,47)42-27(39-31)21-38-32/h7-8,10,12-15,17,20-21,25H,4-6,9,11,16,18-19,22-23H2,1-3H3,(H,39,42)/t25-/m1/s1. The van der Waals surface area contributed by atoms with Crippen LogP contribution in [-0.4, -0.2) is 90.6 Å². The lowest BCUT2D eigenvalue weighted by Gasteiger charge is -2.27. The second kappa shape index (κ2) is 14.6. The first-order valence-electron chi connectivity index (χ1n) is 17.0. The van der Waals surface area contributed by atoms with E-state index in [9.17, 15) is 30.0 Å². The summed E-state index contributed by atoms with van der Waals surface area (Å²) in [7, 11) is -6.23. The number of halogens is 3. The van der Waals surface area contributed by atoms with Crippen LogP contribution in [-0.2, 0) is 26.5 Å². The van der Waals surface area contributed by atoms with Crippen LogP contribution in [0.1, 0.15) is 51.5 Å². The van der Waals surface area contributed by atoms with Crippen LogP contribution >= 0.6 is 0 Å². The fraction of sp³-hybridized carbons (Fsp3) is 0.471. The van der Waals surface area contributed by atoms with Crippen LogP contribution in [0, 0.1) is 5.41 Å². The zero-order chi connectivity index (χ0) is 37.3. The summed E-state index contributed by atoms with van der Waals surface area (Å²) in [5, 5.41) is 3.40. The van der Waals surface area contributed by atoms with E-state index in [1.165, 1.54) is 33.5 Å². The van der Waals surface area contributed by atoms with Crippen LogP contribution in [0.2, 0.25) is 0 Å². The molecule has 2 aliphatic heterocycles. The van der Waals surface area contributed by atoms with Crippen LogP contribution in [0.3, 0.4) is 0 Å². The van der Waals surface area contributed by atoms with Gasteiger partial charge in [-0.3, -0.25) is 4.72 Å². The Balaban J connectivity index is 1.36. The first-order chi connectivity index (χ1) is 24.5. The predicted molar refractivity (Wildman–Crippen MR) is 189 cm³/mol. The fourth-order valence-corrected chi connectivity index (χ4v) is 8.66. The molecule has 4 bridgehead atoms. The van der Waals surface area contributed by atoms with Crippen molar-refractivity contribution in [3.05, 3.63) is 66.5 Å². The lowest BCUT2D eigenvalue weighted by molar-refractivity contribution is -0.219. The highest BCUT2D eigenvalue weighted by molar-refractivity contribution is 7.92. The first kappa shape index (κ1) is 37.5. The van der Waals surface area contributed by atoms with Crippen molar-refractivity contribution >= 4 is 31.7 Å². The number of nitrogens with one attached hydrogen (secondary N) is 1. The molecular formula is C34H41F3N8O5S2. The molecule has 0 radical (unpaired) electrons. The highest BCUT2D eigenvalue weighted by Gasteiger charge is 2.48. The molecule has 13 nitrogen and oxygen atoms in total. The second-order valence-corrected chi connectivity index (χ2v) is 17.6. The number of pyridine rings is 1. The molecule has 0 aliphatic carbocycles. The van der Waals surface area contributed by atoms with Gasteiger partial charge in [-0.25, -0.2) is 32.4 Å². The van der Waals surface area contributed by atoms with E-state index in [1.807, 2.05) is 29.2 Å². The van der Waals surface area contributed by atoms with Gasteiger partial charge in [-0.15, -0.1) is 5.10 Å². The largest absolute Gasteiger partial charge is 0.476 e. The molecule has 52 heavy (non-hydrogen) atoms. The second-order valence-electron chi connectivity index (χ2n) is 13.7. The van der Waals surface area contributed by atoms with Gasteiger partial charge in [0.15, 0.2) is 16.7 Å². The average molecular weight is 763 g/mol. The Hall–Kier alpha value is -4.29. The third kappa shape index (κ3) is 8.02. The number of hydrogen-bond donors (Lipinski definition) is 1. The minimum atomic E-state index is -4.48. The van der Waals surface area contributed by atoms with Gasteiger partial charge in [0.05, 0.1) is 16.9 Å². The van der Waals surface area contributed by atoms with E-state index in [2.05, 4.69) is 19.8 Å². The first-order valence-corrected chi connectivity index (χ1v) is 19.9. The molecular weight excluding hydrogens is 722 g/mol. The number of nitrogens with zero attached hydrogens (tertiary/aromatic N) is 7. The number of aromatic nitrogens is 5. The molecule has 1 atom stereocenters. The molecule has 1 fully saturated rings. The number of ether oxygens (including phenoxy) is 1. The predicted octanol–water partition coefficient (Wildman–Crippen LogP) is 5.45. The van der Waals surface area contributed by atoms with E-state index >= 15 is 0 Å². The zero-order valence-corrected chi connectivity index (χ0v) is 30.7. The van der Waals surface area contributed by atoms with Gasteiger partial charge in [-0.05, 0) is 57.2 Å². The van der Waals surface area contributed by atoms with Crippen LogP contribution in [0.5, 0.6) is 5.88 Å². The molecule has 0 spiro atoms. The minimum absolute atomic E-state index is 0.0498. The molecule has 0 amide bonds. The van der Waals surface area contributed by atoms with Crippen molar-refractivity contribution in [3.63, 3.8) is 0 Å². The highest BCUT2D eigenvalue weighted by atomic mass is 32.2. The Morgan fingerprint density at radius 1 is 0.942 bits per heavy atom. The molecule has 0 saturated carbocycles. The van der Waals surface area contributed by atoms with Gasteiger partial charge in [0.2, 0.25) is 15.9 Å². The van der Waals surface area contributed by atoms with Gasteiger partial charge in [0.25, 0.3) is 10.0 Å². The molecule has 4 aromatic rings. The molecule has 0 unspecified atom stereocenters. The van der Waals surface area contributed by atoms with Gasteiger partial charge < -0.3 is 9.64 Å². The Kier molecular flexibility index (Phi) is 10.5. The quantitative estimate of drug-likeness (QED) is 0.269. The Bertz CT molecular complexity index is 2130. The van der Waals surface area contributed by atoms with Gasteiger partial charge in [-0.2, -0.15) is 21.6 Å². The number of benzene rings is 1. The third-order valence-electron chi connectivity index (χ3n) is 9.37. The Morgan fingerprint density at radius 3 is 2.46 bits per heavy atom. The SMILES string of the molecule is CN1CC[C@H](CN2CCCCCCc3ccccc3-c3nc(cnc3-n3ccc(OCC(C)(C)C(F)(F)F)n3)NS(=O)(=O)c3cccc2n3)S1(=O)=O. The van der Waals surface area contributed by atoms with E-state index in [1.54, 1.807) is 19.2 Å². The molecule has 1 aromatic carbocycles. The van der Waals surface area contributed by atoms with Gasteiger partial charge in [-0.1, -0.05) is 43.2 Å². The summed E-state index contributed by atoms with van der Waals surface area (Å²) in [5.41, 5.74) is -0.204. The van der Waals surface area contributed by atoms with E-state index < -0.39 is 43.5 Å². The third-order valence-corrected chi connectivity index (χ3v) is 12.9. The number of fused-ring (bicyclic) bond motifs is 6. The molecule has 280 valence electrons. The zero-order valence-electron chi connectivity index (χ0n) is 29.0. The van der Waals surface area contributed by atoms with Crippen LogP contribution in [0.4, 0.5) is 24.8 Å². The monoisotopic (exact) mass is 762 g/mol. The highest BCUT2D eigenvalue weighted by Crippen LogP contribution is 2.38. The van der Waals surface area contributed by atoms with E-state index in [0.29, 0.717) is 43.0 Å². The van der Waals surface area contributed by atoms with Crippen molar-refractivity contribution in [2.75, 3.05) is 42.9 Å². The van der Waals surface area contributed by atoms with E-state index in [0.717, 1.165) is 45.1 Å². The maximum Gasteiger partial charge on any atom is 0.397 e. The van der Waals surface area contributed by atoms with Crippen molar-refractivity contribution in [3.8, 4) is 23.0 Å². The molecule has 2 aliphatic rings. The number of anilines is 2. The summed E-state index contributed by atoms with van der Waals surface area (Å²) in [6, 6.07) is 13.5. The lowest BCUT2D eigenvalue weighted by Crippen LogP contribution is -2.38. The van der Waals surface area contributed by atoms with Gasteiger partial charge >= 0.3 is 6.18 Å². The van der Waals surface area contributed by atoms with Crippen LogP contribution in [0.15, 0.2) is 66.0 Å². The topological polar surface area (TPSA) is 153 Å². The maximum absolute atomic E-state index is 13.8. The molecule has 18 heteroatoms. The fourth-order valence-electron chi connectivity index (χ4n) is 6.07. The van der Waals surface area contributed by atoms with E-state index in [4.69, 9.17) is 9.72 Å². The van der Waals surface area contributed by atoms with E-state index in [-0.39, 0.29) is 29.1 Å². The van der Waals surface area contributed by atoms with Crippen molar-refractivity contribution in [2.45, 2.75) is 68.8 Å². The molecule has 1 N–H and O–H groups in total. The Labute approximate surface area is 301 Å². The molecule has 3 aromatic heterocycles. The molecule has 1 saturated heterocycles. The summed E-state index contributed by atoms with van der Waals surface area (Å²) >= 11 is 0. The van der Waals surface area contributed by atoms with Gasteiger partial charge in [0, 0.05) is 44.5 Å². The summed E-state index contributed by atoms with van der Waals surface area (Å²) in [6.07, 6.45) is 2.66. The lowest BCUT2D eigenvalue weighted by atomic mass is 9.94. The summed E-state index contributed by atoms with van der Waals surface area (Å²) in [4.78, 5) is 15.5.